The van der Waals surface area contributed by atoms with Crippen LogP contribution in [0.1, 0.15) is 20.3 Å². The van der Waals surface area contributed by atoms with Crippen molar-refractivity contribution in [2.75, 3.05) is 0 Å². The first-order valence-electron chi connectivity index (χ1n) is 2.78. The molecule has 0 aliphatic carbocycles. The third-order valence-corrected chi connectivity index (χ3v) is 1.47. The van der Waals surface area contributed by atoms with Gasteiger partial charge in [-0.05, 0) is 17.7 Å². The van der Waals surface area contributed by atoms with E-state index in [2.05, 4.69) is 31.0 Å². The summed E-state index contributed by atoms with van der Waals surface area (Å²) in [5, 5.41) is 2.17. The third-order valence-electron chi connectivity index (χ3n) is 0.803. The lowest BCUT2D eigenvalue weighted by Crippen LogP contribution is -1.84. The summed E-state index contributed by atoms with van der Waals surface area (Å²) in [6, 6.07) is 0. The summed E-state index contributed by atoms with van der Waals surface area (Å²) in [6.45, 7) is 4.40. The normalized spacial score (nSPS) is 9.38. The summed E-state index contributed by atoms with van der Waals surface area (Å²) >= 11 is 0. The Hall–Kier alpha value is -0.170. The Morgan fingerprint density at radius 3 is 2.12 bits per heavy atom. The van der Waals surface area contributed by atoms with Crippen molar-refractivity contribution in [2.45, 2.75) is 20.3 Å². The molecule has 0 aromatic rings. The fourth-order valence-corrected chi connectivity index (χ4v) is 0.986. The van der Waals surface area contributed by atoms with Gasteiger partial charge in [0, 0.05) is 0 Å². The Balaban J connectivity index is 3.62. The molecule has 0 spiro atoms. The van der Waals surface area contributed by atoms with Crippen molar-refractivity contribution in [1.29, 1.82) is 0 Å². The van der Waals surface area contributed by atoms with Gasteiger partial charge >= 0.3 is 0 Å². The Labute approximate surface area is 53.6 Å². The van der Waals surface area contributed by atoms with Crippen molar-refractivity contribution in [1.82, 2.24) is 0 Å². The highest BCUT2D eigenvalue weighted by molar-refractivity contribution is 8.09. The van der Waals surface area contributed by atoms with Crippen LogP contribution in [0.2, 0.25) is 0 Å². The van der Waals surface area contributed by atoms with E-state index in [0.29, 0.717) is 0 Å². The van der Waals surface area contributed by atoms with Gasteiger partial charge in [0.25, 0.3) is 0 Å². The second-order valence-corrected chi connectivity index (χ2v) is 3.74. The fourth-order valence-electron chi connectivity index (χ4n) is 0.329. The minimum absolute atomic E-state index is 0.0389. The van der Waals surface area contributed by atoms with E-state index in [9.17, 15) is 0 Å². The maximum absolute atomic E-state index is 3.77. The predicted molar refractivity (Wildman–Crippen MR) is 47.4 cm³/mol. The van der Waals surface area contributed by atoms with E-state index in [0.717, 1.165) is 12.3 Å². The van der Waals surface area contributed by atoms with Crippen LogP contribution in [0.3, 0.4) is 0 Å². The van der Waals surface area contributed by atoms with Gasteiger partial charge in [0.2, 0.25) is 0 Å². The molecule has 0 N–H and O–H groups in total. The molecule has 0 unspecified atom stereocenters. The van der Waals surface area contributed by atoms with Crippen LogP contribution in [0.5, 0.6) is 0 Å². The molecule has 0 atom stereocenters. The molecule has 0 amide bonds. The molecule has 0 aliphatic rings. The maximum atomic E-state index is 3.77. The van der Waals surface area contributed by atoms with Gasteiger partial charge in [-0.25, -0.2) is 9.66 Å². The molecular formula is C7H14S. The monoisotopic (exact) mass is 130 g/mol. The van der Waals surface area contributed by atoms with Gasteiger partial charge in [0.15, 0.2) is 0 Å². The second kappa shape index (κ2) is 3.79. The second-order valence-electron chi connectivity index (χ2n) is 2.33. The molecule has 1 heteroatoms. The molecule has 0 aliphatic heterocycles. The van der Waals surface area contributed by atoms with Crippen LogP contribution in [0, 0.1) is 5.92 Å². The Morgan fingerprint density at radius 1 is 1.50 bits per heavy atom. The summed E-state index contributed by atoms with van der Waals surface area (Å²) < 4.78 is 0. The first-order chi connectivity index (χ1) is 3.63. The Kier molecular flexibility index (Phi) is 3.71. The summed E-state index contributed by atoms with van der Waals surface area (Å²) in [6.07, 6.45) is 1.15. The standard InChI is InChI=1S/C7H14S/c1-7(2)5-6-8(3)4/h6-7H,3-5H2,1-2H3. The van der Waals surface area contributed by atoms with Crippen LogP contribution in [0.25, 0.3) is 0 Å². The highest BCUT2D eigenvalue weighted by Crippen LogP contribution is 1.95. The van der Waals surface area contributed by atoms with Crippen LogP contribution in [-0.4, -0.2) is 17.1 Å². The SMILES string of the molecule is C=S(=C)=CCC(C)C. The van der Waals surface area contributed by atoms with Gasteiger partial charge in [-0.2, -0.15) is 0 Å². The van der Waals surface area contributed by atoms with Crippen LogP contribution >= 0.6 is 9.66 Å². The average Bonchev–Trinajstić information content (AvgIpc) is 1.61. The molecular weight excluding hydrogens is 116 g/mol. The Morgan fingerprint density at radius 2 is 2.00 bits per heavy atom. The first kappa shape index (κ1) is 7.83. The van der Waals surface area contributed by atoms with Crippen molar-refractivity contribution in [3.8, 4) is 0 Å². The van der Waals surface area contributed by atoms with Gasteiger partial charge in [-0.1, -0.05) is 25.6 Å². The van der Waals surface area contributed by atoms with Gasteiger partial charge in [-0.3, -0.25) is 0 Å². The average molecular weight is 130 g/mol. The highest BCUT2D eigenvalue weighted by Gasteiger charge is 1.84. The molecule has 8 heavy (non-hydrogen) atoms. The molecule has 0 saturated carbocycles. The van der Waals surface area contributed by atoms with Crippen LogP contribution in [-0.2, 0) is 0 Å². The van der Waals surface area contributed by atoms with Crippen LogP contribution < -0.4 is 0 Å². The summed E-state index contributed by atoms with van der Waals surface area (Å²) in [5.74, 6) is 8.30. The lowest BCUT2D eigenvalue weighted by atomic mass is 10.2. The molecule has 0 aromatic heterocycles. The highest BCUT2D eigenvalue weighted by atomic mass is 32.1. The smallest absolute Gasteiger partial charge is 0.0238 e. The minimum atomic E-state index is 0.0389. The van der Waals surface area contributed by atoms with E-state index in [1.165, 1.54) is 0 Å². The van der Waals surface area contributed by atoms with E-state index in [-0.39, 0.29) is 9.66 Å². The van der Waals surface area contributed by atoms with E-state index < -0.39 is 0 Å². The number of hydrogen-bond donors (Lipinski definition) is 0. The van der Waals surface area contributed by atoms with Gasteiger partial charge in [0.1, 0.15) is 0 Å². The van der Waals surface area contributed by atoms with Gasteiger partial charge < -0.3 is 0 Å². The summed E-state index contributed by atoms with van der Waals surface area (Å²) in [5.41, 5.74) is 0. The molecule has 0 bridgehead atoms. The molecule has 0 aromatic carbocycles. The number of hydrogen-bond acceptors (Lipinski definition) is 0. The van der Waals surface area contributed by atoms with E-state index in [4.69, 9.17) is 0 Å². The number of rotatable bonds is 2. The lowest BCUT2D eigenvalue weighted by molar-refractivity contribution is 0.694. The quantitative estimate of drug-likeness (QED) is 0.501. The third kappa shape index (κ3) is 5.83. The molecule has 0 rings (SSSR count). The maximum Gasteiger partial charge on any atom is -0.0238 e. The predicted octanol–water partition coefficient (Wildman–Crippen LogP) is 1.97. The van der Waals surface area contributed by atoms with E-state index >= 15 is 0 Å². The van der Waals surface area contributed by atoms with E-state index in [1.807, 2.05) is 0 Å². The fraction of sp³-hybridized carbons (Fsp3) is 0.571. The summed E-state index contributed by atoms with van der Waals surface area (Å²) in [4.78, 5) is 0. The van der Waals surface area contributed by atoms with Crippen molar-refractivity contribution in [2.24, 2.45) is 5.92 Å². The van der Waals surface area contributed by atoms with Gasteiger partial charge in [-0.15, -0.1) is 0 Å². The molecule has 0 radical (unpaired) electrons. The zero-order chi connectivity index (χ0) is 6.57. The Bertz CT molecular complexity index is 151. The van der Waals surface area contributed by atoms with Crippen molar-refractivity contribution in [3.63, 3.8) is 0 Å². The van der Waals surface area contributed by atoms with Crippen molar-refractivity contribution >= 4 is 26.8 Å². The molecule has 0 nitrogen and oxygen atoms in total. The van der Waals surface area contributed by atoms with Crippen molar-refractivity contribution in [3.05, 3.63) is 0 Å². The van der Waals surface area contributed by atoms with Crippen molar-refractivity contribution < 1.29 is 0 Å². The lowest BCUT2D eigenvalue weighted by Gasteiger charge is -1.93. The van der Waals surface area contributed by atoms with Gasteiger partial charge in [0.05, 0.1) is 0 Å². The summed E-state index contributed by atoms with van der Waals surface area (Å²) in [7, 11) is 0.0389. The zero-order valence-corrected chi connectivity index (χ0v) is 6.50. The molecule has 0 fully saturated rings. The minimum Gasteiger partial charge on any atom is -0.215 e. The largest absolute Gasteiger partial charge is 0.215 e. The van der Waals surface area contributed by atoms with E-state index in [1.54, 1.807) is 0 Å². The molecule has 0 heterocycles. The topological polar surface area (TPSA) is 0 Å². The molecule has 48 valence electrons. The van der Waals surface area contributed by atoms with Crippen LogP contribution in [0.4, 0.5) is 0 Å². The van der Waals surface area contributed by atoms with Crippen LogP contribution in [0.15, 0.2) is 0 Å². The molecule has 0 saturated heterocycles. The first-order valence-corrected chi connectivity index (χ1v) is 4.41. The zero-order valence-electron chi connectivity index (χ0n) is 5.68.